The normalized spacial score (nSPS) is 12.0. The Hall–Kier alpha value is -0.290. The Kier molecular flexibility index (Phi) is 2.78. The van der Waals surface area contributed by atoms with Crippen LogP contribution in [0.1, 0.15) is 0 Å². The Bertz CT molecular complexity index is 65.5. The van der Waals surface area contributed by atoms with Crippen LogP contribution in [0.25, 0.3) is 0 Å². The van der Waals surface area contributed by atoms with E-state index in [1.54, 1.807) is 0 Å². The lowest BCUT2D eigenvalue weighted by Gasteiger charge is -2.06. The smallest absolute Gasteiger partial charge is 0.375 e. The van der Waals surface area contributed by atoms with Crippen molar-refractivity contribution in [2.75, 3.05) is 13.7 Å². The summed E-state index contributed by atoms with van der Waals surface area (Å²) in [6.07, 6.45) is -3.80. The van der Waals surface area contributed by atoms with Crippen molar-refractivity contribution in [3.8, 4) is 0 Å². The first kappa shape index (κ1) is 7.71. The van der Waals surface area contributed by atoms with E-state index in [0.29, 0.717) is 0 Å². The zero-order chi connectivity index (χ0) is 6.62. The number of halogens is 3. The van der Waals surface area contributed by atoms with Crippen LogP contribution < -0.4 is 0 Å². The van der Waals surface area contributed by atoms with Crippen LogP contribution in [0.3, 0.4) is 0 Å². The van der Waals surface area contributed by atoms with Crippen LogP contribution in [0.15, 0.2) is 0 Å². The quantitative estimate of drug-likeness (QED) is 0.570. The summed E-state index contributed by atoms with van der Waals surface area (Å²) in [7, 11) is 1.02. The molecule has 0 amide bonds. The van der Waals surface area contributed by atoms with Crippen molar-refractivity contribution in [3.05, 3.63) is 0 Å². The van der Waals surface area contributed by atoms with Crippen molar-refractivity contribution in [1.29, 1.82) is 0 Å². The highest BCUT2D eigenvalue weighted by molar-refractivity contribution is 4.43. The minimum absolute atomic E-state index is 1.02. The third-order valence-corrected chi connectivity index (χ3v) is 0.425. The molecular formula is C3H5F3O2. The maximum atomic E-state index is 11.4. The molecule has 0 aliphatic rings. The van der Waals surface area contributed by atoms with Gasteiger partial charge < -0.3 is 4.74 Å². The van der Waals surface area contributed by atoms with Gasteiger partial charge in [-0.25, -0.2) is 0 Å². The molecule has 8 heavy (non-hydrogen) atoms. The third-order valence-electron chi connectivity index (χ3n) is 0.425. The molecule has 0 N–H and O–H groups in total. The van der Waals surface area contributed by atoms with Gasteiger partial charge in [0.1, 0.15) is 6.61 Å². The van der Waals surface area contributed by atoms with Crippen LogP contribution >= 0.6 is 0 Å². The van der Waals surface area contributed by atoms with Crippen LogP contribution in [0.5, 0.6) is 0 Å². The first-order chi connectivity index (χ1) is 3.62. The Labute approximate surface area is 44.1 Å². The van der Waals surface area contributed by atoms with E-state index >= 15 is 0 Å². The van der Waals surface area contributed by atoms with Crippen molar-refractivity contribution in [3.63, 3.8) is 0 Å². The van der Waals surface area contributed by atoms with Crippen LogP contribution in [-0.4, -0.2) is 19.8 Å². The summed E-state index contributed by atoms with van der Waals surface area (Å²) < 4.78 is 37.4. The van der Waals surface area contributed by atoms with E-state index in [0.717, 1.165) is 7.11 Å². The second-order valence-electron chi connectivity index (χ2n) is 1.15. The monoisotopic (exact) mass is 130 g/mol. The fourth-order valence-electron chi connectivity index (χ4n) is 0.190. The topological polar surface area (TPSA) is 18.5 Å². The van der Waals surface area contributed by atoms with Crippen molar-refractivity contribution in [2.24, 2.45) is 0 Å². The second kappa shape index (κ2) is 2.88. The molecule has 5 heteroatoms. The molecule has 0 rings (SSSR count). The van der Waals surface area contributed by atoms with Crippen LogP contribution in [-0.2, 0) is 9.68 Å². The van der Waals surface area contributed by atoms with Gasteiger partial charge in [-0.15, -0.1) is 4.94 Å². The summed E-state index contributed by atoms with van der Waals surface area (Å²) in [5, 5.41) is 0. The lowest BCUT2D eigenvalue weighted by molar-refractivity contribution is -0.365. The largest absolute Gasteiger partial charge is 0.408 e. The number of hydrogen-bond acceptors (Lipinski definition) is 2. The summed E-state index contributed by atoms with van der Waals surface area (Å²) in [5.74, 6) is 0. The average Bonchev–Trinajstić information content (AvgIpc) is 1.67. The Morgan fingerprint density at radius 2 is 2.00 bits per heavy atom. The highest BCUT2D eigenvalue weighted by Crippen LogP contribution is 2.14. The summed E-state index contributed by atoms with van der Waals surface area (Å²) in [5.41, 5.74) is 0. The van der Waals surface area contributed by atoms with E-state index in [1.807, 2.05) is 0 Å². The molecule has 0 unspecified atom stereocenters. The van der Waals surface area contributed by atoms with Gasteiger partial charge in [-0.05, 0) is 4.53 Å². The van der Waals surface area contributed by atoms with Crippen LogP contribution in [0, 0.1) is 0 Å². The van der Waals surface area contributed by atoms with E-state index in [9.17, 15) is 13.3 Å². The predicted molar refractivity (Wildman–Crippen MR) is 19.0 cm³/mol. The maximum absolute atomic E-state index is 11.4. The highest BCUT2D eigenvalue weighted by atomic mass is 19.4. The summed E-state index contributed by atoms with van der Waals surface area (Å²) >= 11 is 0. The molecule has 50 valence electrons. The predicted octanol–water partition coefficient (Wildman–Crippen LogP) is 1.13. The number of hydrogen-bond donors (Lipinski definition) is 0. The van der Waals surface area contributed by atoms with Crippen LogP contribution in [0.2, 0.25) is 0 Å². The van der Waals surface area contributed by atoms with Gasteiger partial charge in [-0.2, -0.15) is 8.78 Å². The molecule has 0 spiro atoms. The first-order valence-electron chi connectivity index (χ1n) is 1.79. The average molecular weight is 130 g/mol. The molecule has 0 atom stereocenters. The third kappa shape index (κ3) is 2.81. The molecule has 0 aromatic heterocycles. The SMILES string of the molecule is COCC(F)(F)OF. The maximum Gasteiger partial charge on any atom is 0.408 e. The molecule has 0 aromatic rings. The van der Waals surface area contributed by atoms with E-state index in [-0.39, 0.29) is 0 Å². The molecule has 2 nitrogen and oxygen atoms in total. The van der Waals surface area contributed by atoms with Gasteiger partial charge in [0.2, 0.25) is 0 Å². The summed E-state index contributed by atoms with van der Waals surface area (Å²) in [4.78, 5) is 2.22. The van der Waals surface area contributed by atoms with E-state index in [2.05, 4.69) is 9.68 Å². The Balaban J connectivity index is 3.37. The van der Waals surface area contributed by atoms with Gasteiger partial charge in [0.15, 0.2) is 0 Å². The highest BCUT2D eigenvalue weighted by Gasteiger charge is 2.30. The first-order valence-corrected chi connectivity index (χ1v) is 1.79. The van der Waals surface area contributed by atoms with Gasteiger partial charge in [-0.1, -0.05) is 0 Å². The minimum atomic E-state index is -3.80. The Morgan fingerprint density at radius 3 is 2.12 bits per heavy atom. The molecule has 0 aliphatic carbocycles. The van der Waals surface area contributed by atoms with Crippen molar-refractivity contribution >= 4 is 0 Å². The van der Waals surface area contributed by atoms with E-state index in [4.69, 9.17) is 0 Å². The number of ether oxygens (including phenoxy) is 1. The van der Waals surface area contributed by atoms with Gasteiger partial charge in [0.25, 0.3) is 0 Å². The van der Waals surface area contributed by atoms with E-state index < -0.39 is 12.7 Å². The van der Waals surface area contributed by atoms with Crippen molar-refractivity contribution in [2.45, 2.75) is 6.11 Å². The Morgan fingerprint density at radius 1 is 1.50 bits per heavy atom. The number of methoxy groups -OCH3 is 1. The molecule has 0 aliphatic heterocycles. The second-order valence-corrected chi connectivity index (χ2v) is 1.15. The molecule has 0 saturated carbocycles. The van der Waals surface area contributed by atoms with Gasteiger partial charge in [0.05, 0.1) is 0 Å². The molecule has 0 saturated heterocycles. The zero-order valence-electron chi connectivity index (χ0n) is 4.16. The lowest BCUT2D eigenvalue weighted by Crippen LogP contribution is -2.22. The number of rotatable bonds is 3. The van der Waals surface area contributed by atoms with Gasteiger partial charge in [-0.3, -0.25) is 0 Å². The zero-order valence-corrected chi connectivity index (χ0v) is 4.16. The van der Waals surface area contributed by atoms with E-state index in [1.165, 1.54) is 0 Å². The molecule has 0 radical (unpaired) electrons. The van der Waals surface area contributed by atoms with Gasteiger partial charge >= 0.3 is 6.11 Å². The number of alkyl halides is 2. The molecule has 0 aromatic carbocycles. The summed E-state index contributed by atoms with van der Waals surface area (Å²) in [6, 6.07) is 0. The fourth-order valence-corrected chi connectivity index (χ4v) is 0.190. The van der Waals surface area contributed by atoms with Crippen molar-refractivity contribution in [1.82, 2.24) is 0 Å². The summed E-state index contributed by atoms with van der Waals surface area (Å²) in [6.45, 7) is -1.07. The molecule has 0 heterocycles. The molecule has 0 bridgehead atoms. The molecule has 0 fully saturated rings. The van der Waals surface area contributed by atoms with Crippen molar-refractivity contribution < 1.29 is 23.0 Å². The van der Waals surface area contributed by atoms with Gasteiger partial charge in [0, 0.05) is 7.11 Å². The minimum Gasteiger partial charge on any atom is -0.375 e. The lowest BCUT2D eigenvalue weighted by atomic mass is 10.7. The molecular weight excluding hydrogens is 125 g/mol. The standard InChI is InChI=1S/C3H5F3O2/c1-7-2-3(4,5)8-6/h2H2,1H3. The fraction of sp³-hybridized carbons (Fsp3) is 1.00. The van der Waals surface area contributed by atoms with Crippen LogP contribution in [0.4, 0.5) is 13.3 Å².